The van der Waals surface area contributed by atoms with E-state index >= 15 is 0 Å². The molecule has 0 saturated heterocycles. The van der Waals surface area contributed by atoms with Gasteiger partial charge >= 0.3 is 31.1 Å². The van der Waals surface area contributed by atoms with Crippen LogP contribution in [0.15, 0.2) is 0 Å². The van der Waals surface area contributed by atoms with Crippen molar-refractivity contribution in [2.75, 3.05) is 0 Å². The Balaban J connectivity index is -0.000000208. The van der Waals surface area contributed by atoms with Crippen molar-refractivity contribution < 1.29 is 40.7 Å². The van der Waals surface area contributed by atoms with Crippen LogP contribution in [0.5, 0.6) is 0 Å². The SMILES string of the molecule is CC(=O)[CH-]C(C)C(C)=O.N[CH-]C(N)N.[U+2]. The zero-order valence-electron chi connectivity index (χ0n) is 9.36. The van der Waals surface area contributed by atoms with Gasteiger partial charge in [-0.05, 0) is 19.6 Å². The molecule has 6 N–H and O–H groups in total. The summed E-state index contributed by atoms with van der Waals surface area (Å²) in [6.45, 7) is 5.85. The Morgan fingerprint density at radius 2 is 1.53 bits per heavy atom. The van der Waals surface area contributed by atoms with Gasteiger partial charge in [-0.1, -0.05) is 19.0 Å². The van der Waals surface area contributed by atoms with E-state index in [2.05, 4.69) is 0 Å². The van der Waals surface area contributed by atoms with Gasteiger partial charge in [-0.25, -0.2) is 6.54 Å². The van der Waals surface area contributed by atoms with E-state index in [1.165, 1.54) is 26.8 Å². The fraction of sp³-hybridized carbons (Fsp3) is 0.556. The average Bonchev–Trinajstić information content (AvgIpc) is 2.04. The van der Waals surface area contributed by atoms with Gasteiger partial charge in [0.05, 0.1) is 0 Å². The van der Waals surface area contributed by atoms with Gasteiger partial charge in [0.1, 0.15) is 5.78 Å². The second kappa shape index (κ2) is 12.2. The summed E-state index contributed by atoms with van der Waals surface area (Å²) >= 11 is 0. The van der Waals surface area contributed by atoms with Gasteiger partial charge in [-0.15, -0.1) is 0 Å². The van der Waals surface area contributed by atoms with E-state index in [0.29, 0.717) is 0 Å². The van der Waals surface area contributed by atoms with Crippen LogP contribution in [-0.4, -0.2) is 17.7 Å². The van der Waals surface area contributed by atoms with Crippen molar-refractivity contribution in [3.8, 4) is 0 Å². The van der Waals surface area contributed by atoms with Crippen LogP contribution in [0.4, 0.5) is 0 Å². The molecule has 1 atom stereocenters. The van der Waals surface area contributed by atoms with Crippen LogP contribution in [0, 0.1) is 50.0 Å². The fourth-order valence-corrected chi connectivity index (χ4v) is 0.469. The second-order valence-corrected chi connectivity index (χ2v) is 2.95. The monoisotopic (exact) mass is 439 g/mol. The number of carbonyl (C=O) groups excluding carboxylic acids is 2. The number of ketones is 2. The van der Waals surface area contributed by atoms with Crippen LogP contribution in [-0.2, 0) is 9.59 Å². The molecule has 0 fully saturated rings. The van der Waals surface area contributed by atoms with Crippen LogP contribution in [0.1, 0.15) is 20.8 Å². The van der Waals surface area contributed by atoms with Gasteiger partial charge in [0.15, 0.2) is 0 Å². The maximum absolute atomic E-state index is 10.5. The van der Waals surface area contributed by atoms with Crippen molar-refractivity contribution in [2.45, 2.75) is 26.9 Å². The van der Waals surface area contributed by atoms with E-state index in [0.717, 1.165) is 0 Å². The maximum atomic E-state index is 10.5. The minimum Gasteiger partial charge on any atom is -0.481 e. The molecule has 0 amide bonds. The summed E-state index contributed by atoms with van der Waals surface area (Å²) in [5, 5.41) is 0. The summed E-state index contributed by atoms with van der Waals surface area (Å²) in [7, 11) is 0. The van der Waals surface area contributed by atoms with Crippen molar-refractivity contribution in [1.29, 1.82) is 0 Å². The van der Waals surface area contributed by atoms with E-state index in [1.54, 1.807) is 6.92 Å². The molecule has 6 heteroatoms. The van der Waals surface area contributed by atoms with E-state index < -0.39 is 6.17 Å². The van der Waals surface area contributed by atoms with Crippen molar-refractivity contribution >= 4 is 11.6 Å². The number of hydrogen-bond acceptors (Lipinski definition) is 5. The Morgan fingerprint density at radius 3 is 1.60 bits per heavy atom. The number of hydrogen-bond donors (Lipinski definition) is 3. The van der Waals surface area contributed by atoms with E-state index in [-0.39, 0.29) is 48.6 Å². The number of Topliss-reactive ketones (excluding diaryl/α,β-unsaturated/α-hetero) is 2. The molecule has 0 spiro atoms. The molecule has 86 valence electrons. The quantitative estimate of drug-likeness (QED) is 0.399. The normalized spacial score (nSPS) is 10.6. The number of carbonyl (C=O) groups is 2. The Morgan fingerprint density at radius 1 is 1.20 bits per heavy atom. The molecule has 0 aliphatic rings. The van der Waals surface area contributed by atoms with Crippen molar-refractivity contribution in [3.05, 3.63) is 13.0 Å². The zero-order valence-corrected chi connectivity index (χ0v) is 13.5. The van der Waals surface area contributed by atoms with Crippen molar-refractivity contribution in [1.82, 2.24) is 0 Å². The first-order valence-electron chi connectivity index (χ1n) is 4.23. The third-order valence-corrected chi connectivity index (χ3v) is 1.35. The van der Waals surface area contributed by atoms with E-state index in [4.69, 9.17) is 17.2 Å². The predicted octanol–water partition coefficient (Wildman–Crippen LogP) is -0.645. The molecular weight excluding hydrogens is 420 g/mol. The van der Waals surface area contributed by atoms with Gasteiger partial charge in [-0.3, -0.25) is 0 Å². The minimum atomic E-state index is -0.463. The van der Waals surface area contributed by atoms with Gasteiger partial charge in [0, 0.05) is 0 Å². The van der Waals surface area contributed by atoms with Gasteiger partial charge in [0.2, 0.25) is 0 Å². The second-order valence-electron chi connectivity index (χ2n) is 2.95. The Kier molecular flexibility index (Phi) is 16.7. The van der Waals surface area contributed by atoms with Crippen LogP contribution < -0.4 is 17.2 Å². The van der Waals surface area contributed by atoms with Crippen LogP contribution in [0.3, 0.4) is 0 Å². The fourth-order valence-electron chi connectivity index (χ4n) is 0.469. The number of nitrogens with two attached hydrogens (primary N) is 3. The van der Waals surface area contributed by atoms with Crippen molar-refractivity contribution in [2.24, 2.45) is 23.1 Å². The summed E-state index contributed by atoms with van der Waals surface area (Å²) in [5.41, 5.74) is 14.6. The molecular formula is C9H19N3O2U. The van der Waals surface area contributed by atoms with Gasteiger partial charge < -0.3 is 33.2 Å². The molecule has 0 bridgehead atoms. The summed E-state index contributed by atoms with van der Waals surface area (Å²) in [4.78, 5) is 20.8. The smallest absolute Gasteiger partial charge is 0.481 e. The Bertz CT molecular complexity index is 186. The molecule has 0 aromatic heterocycles. The summed E-state index contributed by atoms with van der Waals surface area (Å²) in [6, 6.07) is 0. The molecule has 0 aliphatic carbocycles. The minimum absolute atomic E-state index is 0. The molecule has 0 aromatic rings. The molecule has 15 heavy (non-hydrogen) atoms. The largest absolute Gasteiger partial charge is 2.00 e. The zero-order chi connectivity index (χ0) is 11.7. The topological polar surface area (TPSA) is 112 Å². The van der Waals surface area contributed by atoms with E-state index in [1.807, 2.05) is 0 Å². The molecule has 5 nitrogen and oxygen atoms in total. The molecule has 0 aliphatic heterocycles. The number of rotatable bonds is 4. The van der Waals surface area contributed by atoms with Gasteiger partial charge in [-0.2, -0.15) is 0 Å². The molecule has 0 radical (unpaired) electrons. The van der Waals surface area contributed by atoms with E-state index in [9.17, 15) is 9.59 Å². The third kappa shape index (κ3) is 20.3. The molecule has 0 saturated carbocycles. The molecule has 0 heterocycles. The first kappa shape index (κ1) is 20.5. The predicted molar refractivity (Wildman–Crippen MR) is 55.5 cm³/mol. The van der Waals surface area contributed by atoms with Crippen LogP contribution >= 0.6 is 0 Å². The van der Waals surface area contributed by atoms with Gasteiger partial charge in [0.25, 0.3) is 0 Å². The summed E-state index contributed by atoms with van der Waals surface area (Å²) < 4.78 is 0. The van der Waals surface area contributed by atoms with Crippen LogP contribution in [0.2, 0.25) is 0 Å². The molecule has 1 unspecified atom stereocenters. The summed E-state index contributed by atoms with van der Waals surface area (Å²) in [6.07, 6.45) is 0.956. The van der Waals surface area contributed by atoms with Crippen molar-refractivity contribution in [3.63, 3.8) is 0 Å². The first-order chi connectivity index (χ1) is 6.31. The first-order valence-corrected chi connectivity index (χ1v) is 4.23. The average molecular weight is 439 g/mol. The standard InChI is InChI=1S/C7H11O2.C2H8N3.U/c1-5(7(3)9)4-6(2)8;3-1-2(4)5;/h4-5H,1-3H3;1-2H,3-5H2;/q2*-1;+2. The Hall–Kier alpha value is 0.142. The Labute approximate surface area is 115 Å². The maximum Gasteiger partial charge on any atom is 2.00 e. The summed E-state index contributed by atoms with van der Waals surface area (Å²) in [5.74, 6) is -0.231. The molecule has 0 rings (SSSR count). The molecule has 0 aromatic carbocycles. The third-order valence-electron chi connectivity index (χ3n) is 1.35. The van der Waals surface area contributed by atoms with Crippen LogP contribution in [0.25, 0.3) is 0 Å².